The van der Waals surface area contributed by atoms with Gasteiger partial charge < -0.3 is 10.6 Å². The molecule has 2 atom stereocenters. The highest BCUT2D eigenvalue weighted by atomic mass is 16.2. The van der Waals surface area contributed by atoms with Crippen molar-refractivity contribution in [3.05, 3.63) is 71.8 Å². The first-order chi connectivity index (χ1) is 17.0. The standard InChI is InChI=1S/C27H28N4O4/c32-24(28-16-17-6-3-10-20(14-17)29-25(33)18-7-4-8-18)19-9-5-11-21(15-19)31-27(35)23-13-2-1-12-22(23)26(34)30-31/h1-3,5-6,9-11,14-15,18,22-23H,4,7-8,12-13,16H2,(H,28,32)(H,29,33)(H,30,34). The second-order valence-corrected chi connectivity index (χ2v) is 9.36. The number of nitrogens with zero attached hydrogens (tertiary/aromatic N) is 1. The highest BCUT2D eigenvalue weighted by Gasteiger charge is 2.42. The van der Waals surface area contributed by atoms with Gasteiger partial charge in [-0.2, -0.15) is 0 Å². The van der Waals surface area contributed by atoms with Crippen LogP contribution < -0.4 is 21.1 Å². The Hall–Kier alpha value is -3.94. The van der Waals surface area contributed by atoms with Crippen molar-refractivity contribution in [2.45, 2.75) is 38.6 Å². The van der Waals surface area contributed by atoms with E-state index in [1.54, 1.807) is 24.3 Å². The molecule has 1 saturated heterocycles. The smallest absolute Gasteiger partial charge is 0.251 e. The van der Waals surface area contributed by atoms with Gasteiger partial charge in [0.2, 0.25) is 17.7 Å². The molecule has 1 heterocycles. The Morgan fingerprint density at radius 3 is 2.51 bits per heavy atom. The molecule has 2 aromatic rings. The number of benzene rings is 2. The summed E-state index contributed by atoms with van der Waals surface area (Å²) >= 11 is 0. The highest BCUT2D eigenvalue weighted by molar-refractivity contribution is 6.05. The fourth-order valence-corrected chi connectivity index (χ4v) is 4.73. The van der Waals surface area contributed by atoms with Crippen LogP contribution in [0.15, 0.2) is 60.7 Å². The molecule has 3 aliphatic rings. The van der Waals surface area contributed by atoms with Gasteiger partial charge in [0, 0.05) is 23.7 Å². The second kappa shape index (κ2) is 9.74. The number of anilines is 2. The Morgan fingerprint density at radius 2 is 1.74 bits per heavy atom. The summed E-state index contributed by atoms with van der Waals surface area (Å²) in [6.07, 6.45) is 7.94. The van der Waals surface area contributed by atoms with Crippen molar-refractivity contribution in [2.24, 2.45) is 17.8 Å². The molecule has 2 fully saturated rings. The molecule has 2 unspecified atom stereocenters. The molecule has 0 bridgehead atoms. The molecule has 1 aliphatic heterocycles. The quantitative estimate of drug-likeness (QED) is 0.561. The summed E-state index contributed by atoms with van der Waals surface area (Å²) in [5, 5.41) is 7.09. The average molecular weight is 473 g/mol. The summed E-state index contributed by atoms with van der Waals surface area (Å²) in [5.74, 6) is -1.24. The SMILES string of the molecule is O=C(NCc1cccc(NC(=O)C2CCC2)c1)c1cccc(N2NC(=O)C3CC=CCC3C2=O)c1. The molecule has 2 aliphatic carbocycles. The van der Waals surface area contributed by atoms with Crippen LogP contribution in [-0.2, 0) is 20.9 Å². The molecule has 8 heteroatoms. The molecule has 4 amide bonds. The summed E-state index contributed by atoms with van der Waals surface area (Å²) in [6, 6.07) is 14.1. The summed E-state index contributed by atoms with van der Waals surface area (Å²) < 4.78 is 0. The zero-order chi connectivity index (χ0) is 24.4. The molecule has 0 spiro atoms. The van der Waals surface area contributed by atoms with Gasteiger partial charge in [-0.15, -0.1) is 0 Å². The monoisotopic (exact) mass is 472 g/mol. The third-order valence-electron chi connectivity index (χ3n) is 7.02. The Labute approximate surface area is 203 Å². The lowest BCUT2D eigenvalue weighted by molar-refractivity contribution is -0.139. The van der Waals surface area contributed by atoms with Crippen molar-refractivity contribution in [2.75, 3.05) is 10.3 Å². The Balaban J connectivity index is 1.23. The normalized spacial score (nSPS) is 21.5. The third-order valence-corrected chi connectivity index (χ3v) is 7.02. The molecular formula is C27H28N4O4. The van der Waals surface area contributed by atoms with E-state index in [0.29, 0.717) is 29.8 Å². The lowest BCUT2D eigenvalue weighted by Crippen LogP contribution is -2.59. The lowest BCUT2D eigenvalue weighted by Gasteiger charge is -2.38. The second-order valence-electron chi connectivity index (χ2n) is 9.36. The van der Waals surface area contributed by atoms with Crippen molar-refractivity contribution in [3.8, 4) is 0 Å². The van der Waals surface area contributed by atoms with Crippen molar-refractivity contribution in [3.63, 3.8) is 0 Å². The predicted octanol–water partition coefficient (Wildman–Crippen LogP) is 3.32. The molecule has 1 saturated carbocycles. The van der Waals surface area contributed by atoms with Crippen molar-refractivity contribution >= 4 is 35.0 Å². The number of amides is 4. The van der Waals surface area contributed by atoms with E-state index in [1.807, 2.05) is 36.4 Å². The van der Waals surface area contributed by atoms with Crippen molar-refractivity contribution in [1.29, 1.82) is 0 Å². The minimum atomic E-state index is -0.386. The first-order valence-corrected chi connectivity index (χ1v) is 12.1. The van der Waals surface area contributed by atoms with Gasteiger partial charge in [-0.3, -0.25) is 24.6 Å². The van der Waals surface area contributed by atoms with Crippen LogP contribution in [0.1, 0.15) is 48.0 Å². The van der Waals surface area contributed by atoms with E-state index in [2.05, 4.69) is 16.1 Å². The number of carbonyl (C=O) groups is 4. The Bertz CT molecular complexity index is 1200. The van der Waals surface area contributed by atoms with E-state index < -0.39 is 0 Å². The number of hydrogen-bond acceptors (Lipinski definition) is 4. The highest BCUT2D eigenvalue weighted by Crippen LogP contribution is 2.32. The third kappa shape index (κ3) is 4.82. The zero-order valence-corrected chi connectivity index (χ0v) is 19.3. The number of fused-ring (bicyclic) bond motifs is 1. The van der Waals surface area contributed by atoms with E-state index in [9.17, 15) is 19.2 Å². The van der Waals surface area contributed by atoms with Crippen molar-refractivity contribution in [1.82, 2.24) is 10.7 Å². The number of rotatable bonds is 6. The van der Waals surface area contributed by atoms with Crippen molar-refractivity contribution < 1.29 is 19.2 Å². The van der Waals surface area contributed by atoms with Crippen LogP contribution in [0.4, 0.5) is 11.4 Å². The number of hydrazine groups is 1. The number of hydrogen-bond donors (Lipinski definition) is 3. The fraction of sp³-hybridized carbons (Fsp3) is 0.333. The van der Waals surface area contributed by atoms with E-state index in [4.69, 9.17) is 0 Å². The maximum Gasteiger partial charge on any atom is 0.251 e. The molecule has 35 heavy (non-hydrogen) atoms. The summed E-state index contributed by atoms with van der Waals surface area (Å²) in [7, 11) is 0. The van der Waals surface area contributed by atoms with Crippen LogP contribution >= 0.6 is 0 Å². The van der Waals surface area contributed by atoms with Crippen LogP contribution in [0.2, 0.25) is 0 Å². The van der Waals surface area contributed by atoms with Crippen LogP contribution in [-0.4, -0.2) is 23.6 Å². The Kier molecular flexibility index (Phi) is 6.35. The van der Waals surface area contributed by atoms with Crippen LogP contribution in [0.3, 0.4) is 0 Å². The molecule has 2 aromatic carbocycles. The number of nitrogens with one attached hydrogen (secondary N) is 3. The van der Waals surface area contributed by atoms with Gasteiger partial charge in [-0.25, -0.2) is 5.01 Å². The average Bonchev–Trinajstić information content (AvgIpc) is 2.84. The van der Waals surface area contributed by atoms with Crippen LogP contribution in [0.25, 0.3) is 0 Å². The van der Waals surface area contributed by atoms with Gasteiger partial charge in [-0.05, 0) is 61.6 Å². The molecule has 8 nitrogen and oxygen atoms in total. The van der Waals surface area contributed by atoms with E-state index in [0.717, 1.165) is 24.8 Å². The summed E-state index contributed by atoms with van der Waals surface area (Å²) in [4.78, 5) is 50.6. The molecule has 5 rings (SSSR count). The fourth-order valence-electron chi connectivity index (χ4n) is 4.73. The van der Waals surface area contributed by atoms with Crippen LogP contribution in [0, 0.1) is 17.8 Å². The molecule has 3 N–H and O–H groups in total. The number of allylic oxidation sites excluding steroid dienone is 2. The largest absolute Gasteiger partial charge is 0.348 e. The lowest BCUT2D eigenvalue weighted by atomic mass is 9.80. The van der Waals surface area contributed by atoms with E-state index >= 15 is 0 Å². The van der Waals surface area contributed by atoms with Gasteiger partial charge in [0.15, 0.2) is 0 Å². The maximum absolute atomic E-state index is 13.0. The molecular weight excluding hydrogens is 444 g/mol. The Morgan fingerprint density at radius 1 is 0.971 bits per heavy atom. The zero-order valence-electron chi connectivity index (χ0n) is 19.3. The van der Waals surface area contributed by atoms with Gasteiger partial charge >= 0.3 is 0 Å². The van der Waals surface area contributed by atoms with Crippen LogP contribution in [0.5, 0.6) is 0 Å². The minimum Gasteiger partial charge on any atom is -0.348 e. The molecule has 180 valence electrons. The molecule has 0 radical (unpaired) electrons. The van der Waals surface area contributed by atoms with E-state index in [-0.39, 0.29) is 47.9 Å². The maximum atomic E-state index is 13.0. The summed E-state index contributed by atoms with van der Waals surface area (Å²) in [5.41, 5.74) is 5.09. The first kappa shape index (κ1) is 22.8. The minimum absolute atomic E-state index is 0.0455. The first-order valence-electron chi connectivity index (χ1n) is 12.1. The van der Waals surface area contributed by atoms with Gasteiger partial charge in [0.1, 0.15) is 0 Å². The van der Waals surface area contributed by atoms with Gasteiger partial charge in [-0.1, -0.05) is 36.8 Å². The van der Waals surface area contributed by atoms with Gasteiger partial charge in [0.05, 0.1) is 17.5 Å². The summed E-state index contributed by atoms with van der Waals surface area (Å²) in [6.45, 7) is 0.283. The predicted molar refractivity (Wildman–Crippen MR) is 131 cm³/mol. The topological polar surface area (TPSA) is 108 Å². The number of carbonyl (C=O) groups excluding carboxylic acids is 4. The van der Waals surface area contributed by atoms with E-state index in [1.165, 1.54) is 5.01 Å². The molecule has 0 aromatic heterocycles. The van der Waals surface area contributed by atoms with Gasteiger partial charge in [0.25, 0.3) is 5.91 Å².